The van der Waals surface area contributed by atoms with E-state index in [1.54, 1.807) is 18.0 Å². The number of urea groups is 1. The van der Waals surface area contributed by atoms with Gasteiger partial charge in [-0.15, -0.1) is 11.3 Å². The van der Waals surface area contributed by atoms with Crippen LogP contribution in [0.5, 0.6) is 0 Å². The zero-order chi connectivity index (χ0) is 15.7. The molecule has 3 rings (SSSR count). The third-order valence-electron chi connectivity index (χ3n) is 3.37. The molecule has 0 unspecified atom stereocenters. The van der Waals surface area contributed by atoms with Gasteiger partial charge < -0.3 is 10.3 Å². The van der Waals surface area contributed by atoms with Gasteiger partial charge in [0.2, 0.25) is 5.91 Å². The Morgan fingerprint density at radius 2 is 2.32 bits per heavy atom. The van der Waals surface area contributed by atoms with Gasteiger partial charge in [0.05, 0.1) is 18.5 Å². The van der Waals surface area contributed by atoms with Gasteiger partial charge in [0, 0.05) is 13.1 Å². The first-order valence-electron chi connectivity index (χ1n) is 6.78. The molecule has 3 amide bonds. The van der Waals surface area contributed by atoms with E-state index in [2.05, 4.69) is 15.3 Å². The number of aromatic amines is 1. The zero-order valence-electron chi connectivity index (χ0n) is 12.0. The van der Waals surface area contributed by atoms with Crippen LogP contribution in [-0.4, -0.2) is 58.4 Å². The summed E-state index contributed by atoms with van der Waals surface area (Å²) in [5.41, 5.74) is -0.181. The molecule has 2 aromatic heterocycles. The Kier molecular flexibility index (Phi) is 3.90. The first-order chi connectivity index (χ1) is 10.5. The Bertz CT molecular complexity index is 783. The molecule has 22 heavy (non-hydrogen) atoms. The number of nitrogens with one attached hydrogen (secondary N) is 2. The number of hydrogen-bond acceptors (Lipinski definition) is 6. The van der Waals surface area contributed by atoms with E-state index in [4.69, 9.17) is 0 Å². The highest BCUT2D eigenvalue weighted by Gasteiger charge is 2.26. The Hall–Kier alpha value is -2.26. The number of carbonyl (C=O) groups excluding carboxylic acids is 2. The number of thiophene rings is 1. The number of fused-ring (bicyclic) bond motifs is 1. The molecule has 0 aromatic carbocycles. The first-order valence-corrected chi connectivity index (χ1v) is 7.65. The Labute approximate surface area is 129 Å². The topological polar surface area (TPSA) is 98.4 Å². The maximum atomic E-state index is 12.0. The minimum absolute atomic E-state index is 0.0829. The first kappa shape index (κ1) is 14.7. The molecule has 0 saturated carbocycles. The molecule has 0 aliphatic carbocycles. The maximum Gasteiger partial charge on any atom is 0.324 e. The molecular weight excluding hydrogens is 306 g/mol. The van der Waals surface area contributed by atoms with Crippen LogP contribution in [0, 0.1) is 0 Å². The van der Waals surface area contributed by atoms with E-state index in [1.165, 1.54) is 16.2 Å². The zero-order valence-corrected chi connectivity index (χ0v) is 12.8. The summed E-state index contributed by atoms with van der Waals surface area (Å²) in [6, 6.07) is 1.37. The Morgan fingerprint density at radius 1 is 1.50 bits per heavy atom. The molecule has 116 valence electrons. The van der Waals surface area contributed by atoms with Crippen LogP contribution in [0.2, 0.25) is 0 Å². The average molecular weight is 321 g/mol. The predicted octanol–water partition coefficient (Wildman–Crippen LogP) is -0.0318. The van der Waals surface area contributed by atoms with Gasteiger partial charge in [0.25, 0.3) is 5.56 Å². The van der Waals surface area contributed by atoms with Crippen molar-refractivity contribution in [3.8, 4) is 0 Å². The maximum absolute atomic E-state index is 12.0. The standard InChI is InChI=1S/C13H15N5O3S/c1-17(7-10(19)18-4-3-14-13(18)21)6-9-15-11(20)8-2-5-22-12(8)16-9/h2,5H,3-4,6-7H2,1H3,(H,14,21)(H,15,16,20). The normalized spacial score (nSPS) is 14.8. The van der Waals surface area contributed by atoms with Crippen LogP contribution in [0.1, 0.15) is 5.82 Å². The molecule has 0 spiro atoms. The van der Waals surface area contributed by atoms with Crippen LogP contribution < -0.4 is 10.9 Å². The largest absolute Gasteiger partial charge is 0.336 e. The molecule has 1 saturated heterocycles. The number of nitrogens with zero attached hydrogens (tertiary/aromatic N) is 3. The lowest BCUT2D eigenvalue weighted by Gasteiger charge is -2.18. The summed E-state index contributed by atoms with van der Waals surface area (Å²) < 4.78 is 0. The average Bonchev–Trinajstić information content (AvgIpc) is 3.07. The molecule has 2 N–H and O–H groups in total. The van der Waals surface area contributed by atoms with E-state index in [1.807, 2.05) is 5.38 Å². The second-order valence-electron chi connectivity index (χ2n) is 5.10. The van der Waals surface area contributed by atoms with E-state index < -0.39 is 0 Å². The third-order valence-corrected chi connectivity index (χ3v) is 4.17. The monoisotopic (exact) mass is 321 g/mol. The highest BCUT2D eigenvalue weighted by atomic mass is 32.1. The van der Waals surface area contributed by atoms with Crippen molar-refractivity contribution in [3.63, 3.8) is 0 Å². The molecule has 8 nitrogen and oxygen atoms in total. The fourth-order valence-electron chi connectivity index (χ4n) is 2.32. The second kappa shape index (κ2) is 5.85. The van der Waals surface area contributed by atoms with Gasteiger partial charge in [-0.2, -0.15) is 0 Å². The molecule has 0 atom stereocenters. The molecule has 0 radical (unpaired) electrons. The SMILES string of the molecule is CN(CC(=O)N1CCNC1=O)Cc1nc2sccc2c(=O)[nH]1. The minimum atomic E-state index is -0.357. The number of hydrogen-bond donors (Lipinski definition) is 2. The summed E-state index contributed by atoms with van der Waals surface area (Å²) in [6.45, 7) is 1.28. The van der Waals surface area contributed by atoms with Crippen LogP contribution in [0.15, 0.2) is 16.2 Å². The lowest BCUT2D eigenvalue weighted by molar-refractivity contribution is -0.128. The van der Waals surface area contributed by atoms with Crippen molar-refractivity contribution in [3.05, 3.63) is 27.6 Å². The third kappa shape index (κ3) is 2.85. The van der Waals surface area contributed by atoms with Crippen LogP contribution in [-0.2, 0) is 11.3 Å². The molecule has 1 aliphatic rings. The summed E-state index contributed by atoms with van der Waals surface area (Å²) in [4.78, 5) is 46.0. The number of likely N-dealkylation sites (N-methyl/N-ethyl adjacent to an activating group) is 1. The summed E-state index contributed by atoms with van der Waals surface area (Å²) in [5.74, 6) is 0.234. The van der Waals surface area contributed by atoms with E-state index in [0.29, 0.717) is 35.7 Å². The summed E-state index contributed by atoms with van der Waals surface area (Å²) >= 11 is 1.40. The number of amides is 3. The number of aromatic nitrogens is 2. The van der Waals surface area contributed by atoms with Crippen molar-refractivity contribution >= 4 is 33.5 Å². The lowest BCUT2D eigenvalue weighted by atomic mass is 10.4. The quantitative estimate of drug-likeness (QED) is 0.824. The minimum Gasteiger partial charge on any atom is -0.336 e. The molecular formula is C13H15N5O3S. The van der Waals surface area contributed by atoms with Crippen molar-refractivity contribution < 1.29 is 9.59 Å². The summed E-state index contributed by atoms with van der Waals surface area (Å²) in [6.07, 6.45) is 0. The molecule has 1 fully saturated rings. The van der Waals surface area contributed by atoms with E-state index in [9.17, 15) is 14.4 Å². The highest BCUT2D eigenvalue weighted by Crippen LogP contribution is 2.14. The smallest absolute Gasteiger partial charge is 0.324 e. The number of H-pyrrole nitrogens is 1. The van der Waals surface area contributed by atoms with Crippen molar-refractivity contribution in [1.29, 1.82) is 0 Å². The van der Waals surface area contributed by atoms with Crippen LogP contribution in [0.4, 0.5) is 4.79 Å². The lowest BCUT2D eigenvalue weighted by Crippen LogP contribution is -2.40. The Balaban J connectivity index is 1.67. The molecule has 0 bridgehead atoms. The van der Waals surface area contributed by atoms with Crippen LogP contribution in [0.25, 0.3) is 10.2 Å². The molecule has 3 heterocycles. The number of carbonyl (C=O) groups is 2. The van der Waals surface area contributed by atoms with Gasteiger partial charge in [-0.25, -0.2) is 9.78 Å². The van der Waals surface area contributed by atoms with Gasteiger partial charge in [-0.3, -0.25) is 19.4 Å². The Morgan fingerprint density at radius 3 is 3.05 bits per heavy atom. The van der Waals surface area contributed by atoms with Crippen molar-refractivity contribution in [1.82, 2.24) is 25.1 Å². The number of imide groups is 1. The highest BCUT2D eigenvalue weighted by molar-refractivity contribution is 7.16. The van der Waals surface area contributed by atoms with E-state index in [0.717, 1.165) is 0 Å². The van der Waals surface area contributed by atoms with Gasteiger partial charge in [-0.1, -0.05) is 0 Å². The molecule has 9 heteroatoms. The van der Waals surface area contributed by atoms with Gasteiger partial charge in [-0.05, 0) is 18.5 Å². The number of rotatable bonds is 4. The van der Waals surface area contributed by atoms with Gasteiger partial charge in [0.1, 0.15) is 10.7 Å². The van der Waals surface area contributed by atoms with Crippen molar-refractivity contribution in [2.45, 2.75) is 6.54 Å². The second-order valence-corrected chi connectivity index (χ2v) is 6.00. The van der Waals surface area contributed by atoms with E-state index in [-0.39, 0.29) is 24.0 Å². The fourth-order valence-corrected chi connectivity index (χ4v) is 3.11. The molecule has 1 aliphatic heterocycles. The molecule has 2 aromatic rings. The predicted molar refractivity (Wildman–Crippen MR) is 81.7 cm³/mol. The van der Waals surface area contributed by atoms with Gasteiger partial charge >= 0.3 is 6.03 Å². The van der Waals surface area contributed by atoms with Gasteiger partial charge in [0.15, 0.2) is 0 Å². The summed E-state index contributed by atoms with van der Waals surface area (Å²) in [7, 11) is 1.74. The van der Waals surface area contributed by atoms with Crippen LogP contribution >= 0.6 is 11.3 Å². The van der Waals surface area contributed by atoms with Crippen molar-refractivity contribution in [2.24, 2.45) is 0 Å². The van der Waals surface area contributed by atoms with E-state index >= 15 is 0 Å². The van der Waals surface area contributed by atoms with Crippen LogP contribution in [0.3, 0.4) is 0 Å². The summed E-state index contributed by atoms with van der Waals surface area (Å²) in [5, 5.41) is 4.97. The fraction of sp³-hybridized carbons (Fsp3) is 0.385. The van der Waals surface area contributed by atoms with Crippen molar-refractivity contribution in [2.75, 3.05) is 26.7 Å².